The second kappa shape index (κ2) is 6.02. The molecule has 1 aliphatic rings. The second-order valence-electron chi connectivity index (χ2n) is 6.61. The molecule has 0 bridgehead atoms. The Kier molecular flexibility index (Phi) is 3.50. The summed E-state index contributed by atoms with van der Waals surface area (Å²) in [5.41, 5.74) is 4.56. The maximum Gasteiger partial charge on any atom is 0.281 e. The van der Waals surface area contributed by atoms with E-state index in [1.807, 2.05) is 48.5 Å². The monoisotopic (exact) mass is 354 g/mol. The van der Waals surface area contributed by atoms with Crippen molar-refractivity contribution in [1.82, 2.24) is 9.55 Å². The van der Waals surface area contributed by atoms with Crippen molar-refractivity contribution in [2.24, 2.45) is 0 Å². The SMILES string of the molecule is O=c1nc2n(c3ccccc13)Cc1ccccc1/C2=C\c1ccc(F)cc1. The van der Waals surface area contributed by atoms with Crippen LogP contribution in [0.5, 0.6) is 0 Å². The van der Waals surface area contributed by atoms with Crippen LogP contribution in [-0.2, 0) is 6.54 Å². The van der Waals surface area contributed by atoms with Crippen LogP contribution in [0.2, 0.25) is 0 Å². The van der Waals surface area contributed by atoms with Gasteiger partial charge in [0.1, 0.15) is 11.6 Å². The number of hydrogen-bond donors (Lipinski definition) is 0. The lowest BCUT2D eigenvalue weighted by molar-refractivity contribution is 0.628. The van der Waals surface area contributed by atoms with Gasteiger partial charge in [-0.2, -0.15) is 4.98 Å². The molecule has 27 heavy (non-hydrogen) atoms. The van der Waals surface area contributed by atoms with Gasteiger partial charge in [-0.3, -0.25) is 4.79 Å². The Hall–Kier alpha value is -3.53. The van der Waals surface area contributed by atoms with Crippen molar-refractivity contribution >= 4 is 22.6 Å². The lowest BCUT2D eigenvalue weighted by Crippen LogP contribution is -2.23. The third-order valence-electron chi connectivity index (χ3n) is 4.95. The molecular weight excluding hydrogens is 339 g/mol. The summed E-state index contributed by atoms with van der Waals surface area (Å²) in [5, 5.41) is 0.613. The molecule has 0 N–H and O–H groups in total. The van der Waals surface area contributed by atoms with Crippen LogP contribution in [0, 0.1) is 5.82 Å². The summed E-state index contributed by atoms with van der Waals surface area (Å²) in [4.78, 5) is 17.0. The summed E-state index contributed by atoms with van der Waals surface area (Å²) in [5.74, 6) is 0.364. The molecule has 0 fully saturated rings. The standard InChI is InChI=1S/C23H15FN2O/c24-17-11-9-15(10-12-17)13-20-18-6-2-1-5-16(18)14-26-21-8-4-3-7-19(21)23(27)25-22(20)26/h1-13H,14H2/b20-13+. The predicted octanol–water partition coefficient (Wildman–Crippen LogP) is 4.49. The van der Waals surface area contributed by atoms with Crippen molar-refractivity contribution in [1.29, 1.82) is 0 Å². The van der Waals surface area contributed by atoms with Gasteiger partial charge in [0.2, 0.25) is 0 Å². The average molecular weight is 354 g/mol. The van der Waals surface area contributed by atoms with Crippen molar-refractivity contribution in [2.45, 2.75) is 6.54 Å². The molecule has 0 spiro atoms. The van der Waals surface area contributed by atoms with E-state index in [-0.39, 0.29) is 11.4 Å². The van der Waals surface area contributed by atoms with Gasteiger partial charge < -0.3 is 4.57 Å². The Morgan fingerprint density at radius 3 is 2.52 bits per heavy atom. The summed E-state index contributed by atoms with van der Waals surface area (Å²) in [7, 11) is 0. The fourth-order valence-corrected chi connectivity index (χ4v) is 3.67. The van der Waals surface area contributed by atoms with Crippen molar-refractivity contribution < 1.29 is 4.39 Å². The Morgan fingerprint density at radius 1 is 0.926 bits per heavy atom. The Balaban J connectivity index is 1.84. The first-order valence-electron chi connectivity index (χ1n) is 8.76. The minimum atomic E-state index is -0.276. The zero-order valence-electron chi connectivity index (χ0n) is 14.4. The molecule has 0 atom stereocenters. The van der Waals surface area contributed by atoms with Crippen molar-refractivity contribution in [2.75, 3.05) is 0 Å². The lowest BCUT2D eigenvalue weighted by Gasteiger charge is -2.25. The van der Waals surface area contributed by atoms with E-state index in [0.717, 1.165) is 27.8 Å². The van der Waals surface area contributed by atoms with E-state index in [0.29, 0.717) is 17.8 Å². The first kappa shape index (κ1) is 15.7. The Morgan fingerprint density at radius 2 is 1.67 bits per heavy atom. The Bertz CT molecular complexity index is 1270. The van der Waals surface area contributed by atoms with Crippen LogP contribution in [0.15, 0.2) is 77.6 Å². The van der Waals surface area contributed by atoms with Gasteiger partial charge in [0, 0.05) is 5.57 Å². The van der Waals surface area contributed by atoms with Gasteiger partial charge in [0.05, 0.1) is 17.4 Å². The van der Waals surface area contributed by atoms with Crippen molar-refractivity contribution in [3.05, 3.63) is 111 Å². The van der Waals surface area contributed by atoms with E-state index >= 15 is 0 Å². The van der Waals surface area contributed by atoms with Gasteiger partial charge >= 0.3 is 0 Å². The van der Waals surface area contributed by atoms with E-state index in [9.17, 15) is 9.18 Å². The molecule has 5 rings (SSSR count). The Labute approximate surface area is 155 Å². The van der Waals surface area contributed by atoms with E-state index < -0.39 is 0 Å². The molecule has 3 nitrogen and oxygen atoms in total. The van der Waals surface area contributed by atoms with Crippen LogP contribution in [0.4, 0.5) is 4.39 Å². The molecule has 0 radical (unpaired) electrons. The highest BCUT2D eigenvalue weighted by molar-refractivity contribution is 5.93. The minimum Gasteiger partial charge on any atom is -0.320 e. The smallest absolute Gasteiger partial charge is 0.281 e. The third kappa shape index (κ3) is 2.57. The molecule has 0 amide bonds. The topological polar surface area (TPSA) is 34.9 Å². The highest BCUT2D eigenvalue weighted by atomic mass is 19.1. The molecule has 4 heteroatoms. The number of fused-ring (bicyclic) bond motifs is 4. The average Bonchev–Trinajstić information content (AvgIpc) is 2.70. The third-order valence-corrected chi connectivity index (χ3v) is 4.95. The molecule has 0 aliphatic carbocycles. The van der Waals surface area contributed by atoms with E-state index in [2.05, 4.69) is 15.6 Å². The quantitative estimate of drug-likeness (QED) is 0.445. The van der Waals surface area contributed by atoms with Crippen LogP contribution < -0.4 is 5.56 Å². The number of rotatable bonds is 1. The van der Waals surface area contributed by atoms with Crippen LogP contribution in [-0.4, -0.2) is 9.55 Å². The molecule has 4 aromatic rings. The van der Waals surface area contributed by atoms with Crippen LogP contribution in [0.25, 0.3) is 22.6 Å². The second-order valence-corrected chi connectivity index (χ2v) is 6.61. The first-order chi connectivity index (χ1) is 13.2. The fourth-order valence-electron chi connectivity index (χ4n) is 3.67. The van der Waals surface area contributed by atoms with Gasteiger partial charge in [0.15, 0.2) is 0 Å². The molecular formula is C23H15FN2O. The maximum atomic E-state index is 13.3. The summed E-state index contributed by atoms with van der Waals surface area (Å²) in [6.45, 7) is 0.653. The predicted molar refractivity (Wildman–Crippen MR) is 105 cm³/mol. The number of nitrogens with zero attached hydrogens (tertiary/aromatic N) is 2. The largest absolute Gasteiger partial charge is 0.320 e. The highest BCUT2D eigenvalue weighted by Gasteiger charge is 2.23. The highest BCUT2D eigenvalue weighted by Crippen LogP contribution is 2.33. The molecule has 3 aromatic carbocycles. The fraction of sp³-hybridized carbons (Fsp3) is 0.0435. The molecule has 2 heterocycles. The van der Waals surface area contributed by atoms with Gasteiger partial charge in [-0.05, 0) is 47.0 Å². The molecule has 130 valence electrons. The first-order valence-corrected chi connectivity index (χ1v) is 8.76. The molecule has 1 aromatic heterocycles. The van der Waals surface area contributed by atoms with Crippen molar-refractivity contribution in [3.8, 4) is 0 Å². The van der Waals surface area contributed by atoms with Crippen LogP contribution >= 0.6 is 0 Å². The molecule has 1 aliphatic heterocycles. The molecule has 0 saturated heterocycles. The van der Waals surface area contributed by atoms with Gasteiger partial charge in [-0.1, -0.05) is 48.5 Å². The van der Waals surface area contributed by atoms with Gasteiger partial charge in [-0.25, -0.2) is 4.39 Å². The summed E-state index contributed by atoms with van der Waals surface area (Å²) in [6.07, 6.45) is 1.96. The zero-order chi connectivity index (χ0) is 18.4. The zero-order valence-corrected chi connectivity index (χ0v) is 14.4. The molecule has 0 unspecified atom stereocenters. The summed E-state index contributed by atoms with van der Waals surface area (Å²) >= 11 is 0. The maximum absolute atomic E-state index is 13.3. The van der Waals surface area contributed by atoms with E-state index in [1.165, 1.54) is 12.1 Å². The van der Waals surface area contributed by atoms with Gasteiger partial charge in [-0.15, -0.1) is 0 Å². The van der Waals surface area contributed by atoms with Crippen LogP contribution in [0.3, 0.4) is 0 Å². The molecule has 0 saturated carbocycles. The van der Waals surface area contributed by atoms with Crippen molar-refractivity contribution in [3.63, 3.8) is 0 Å². The normalized spacial score (nSPS) is 14.2. The minimum absolute atomic E-state index is 0.235. The number of para-hydroxylation sites is 1. The number of aromatic nitrogens is 2. The van der Waals surface area contributed by atoms with Crippen LogP contribution in [0.1, 0.15) is 22.5 Å². The summed E-state index contributed by atoms with van der Waals surface area (Å²) < 4.78 is 15.4. The van der Waals surface area contributed by atoms with E-state index in [1.54, 1.807) is 12.1 Å². The van der Waals surface area contributed by atoms with Gasteiger partial charge in [0.25, 0.3) is 5.56 Å². The van der Waals surface area contributed by atoms with E-state index in [4.69, 9.17) is 0 Å². The number of halogens is 1. The number of hydrogen-bond acceptors (Lipinski definition) is 2. The summed E-state index contributed by atoms with van der Waals surface area (Å²) in [6, 6.07) is 22.0. The lowest BCUT2D eigenvalue weighted by atomic mass is 9.93. The number of benzene rings is 3.